The van der Waals surface area contributed by atoms with E-state index in [4.69, 9.17) is 0 Å². The molecule has 1 aromatic heterocycles. The second-order valence-electron chi connectivity index (χ2n) is 8.60. The van der Waals surface area contributed by atoms with E-state index in [0.717, 1.165) is 11.1 Å². The average molecular weight is 454 g/mol. The SMILES string of the molecule is Cc1cc(C)c(O)c(-c2n[nH]c3c2C(c2ccc(O)cc2)N(C2CCS(=O)(=O)C2)C3=O)c1. The summed E-state index contributed by atoms with van der Waals surface area (Å²) in [5.41, 5.74) is 4.23. The van der Waals surface area contributed by atoms with Crippen molar-refractivity contribution in [3.05, 3.63) is 64.3 Å². The number of sulfone groups is 1. The summed E-state index contributed by atoms with van der Waals surface area (Å²) >= 11 is 0. The summed E-state index contributed by atoms with van der Waals surface area (Å²) in [6.45, 7) is 3.72. The molecule has 166 valence electrons. The summed E-state index contributed by atoms with van der Waals surface area (Å²) in [5, 5.41) is 27.8. The Hall–Kier alpha value is -3.33. The van der Waals surface area contributed by atoms with Crippen molar-refractivity contribution in [2.75, 3.05) is 11.5 Å². The summed E-state index contributed by atoms with van der Waals surface area (Å²) in [4.78, 5) is 15.1. The molecule has 2 aliphatic rings. The number of nitrogens with zero attached hydrogens (tertiary/aromatic N) is 2. The molecule has 0 aliphatic carbocycles. The predicted octanol–water partition coefficient (Wildman–Crippen LogP) is 2.84. The molecule has 2 aliphatic heterocycles. The quantitative estimate of drug-likeness (QED) is 0.560. The molecule has 2 atom stereocenters. The van der Waals surface area contributed by atoms with Crippen LogP contribution in [0.1, 0.15) is 45.2 Å². The second kappa shape index (κ2) is 7.09. The molecule has 1 fully saturated rings. The maximum Gasteiger partial charge on any atom is 0.273 e. The molecule has 0 bridgehead atoms. The topological polar surface area (TPSA) is 124 Å². The molecule has 0 radical (unpaired) electrons. The Bertz CT molecular complexity index is 1340. The highest BCUT2D eigenvalue weighted by atomic mass is 32.2. The minimum atomic E-state index is -3.22. The number of hydrogen-bond acceptors (Lipinski definition) is 6. The van der Waals surface area contributed by atoms with Gasteiger partial charge in [-0.1, -0.05) is 18.2 Å². The van der Waals surface area contributed by atoms with Crippen molar-refractivity contribution in [3.8, 4) is 22.8 Å². The Morgan fingerprint density at radius 3 is 2.50 bits per heavy atom. The number of hydrogen-bond donors (Lipinski definition) is 3. The number of fused-ring (bicyclic) bond motifs is 1. The van der Waals surface area contributed by atoms with Gasteiger partial charge in [0.05, 0.1) is 17.5 Å². The van der Waals surface area contributed by atoms with Crippen LogP contribution in [-0.2, 0) is 9.84 Å². The number of phenolic OH excluding ortho intramolecular Hbond substituents is 2. The van der Waals surface area contributed by atoms with Crippen molar-refractivity contribution in [2.45, 2.75) is 32.4 Å². The number of aromatic hydroxyl groups is 2. The van der Waals surface area contributed by atoms with Gasteiger partial charge in [0.15, 0.2) is 9.84 Å². The van der Waals surface area contributed by atoms with Gasteiger partial charge in [0.2, 0.25) is 0 Å². The average Bonchev–Trinajstić information content (AvgIpc) is 3.39. The first kappa shape index (κ1) is 20.6. The fourth-order valence-electron chi connectivity index (χ4n) is 4.87. The van der Waals surface area contributed by atoms with Gasteiger partial charge in [-0.25, -0.2) is 8.42 Å². The van der Waals surface area contributed by atoms with Crippen LogP contribution in [0.15, 0.2) is 36.4 Å². The van der Waals surface area contributed by atoms with Crippen molar-refractivity contribution < 1.29 is 23.4 Å². The summed E-state index contributed by atoms with van der Waals surface area (Å²) < 4.78 is 24.4. The zero-order chi connectivity index (χ0) is 22.8. The highest BCUT2D eigenvalue weighted by molar-refractivity contribution is 7.91. The van der Waals surface area contributed by atoms with E-state index in [1.54, 1.807) is 24.0 Å². The number of carbonyl (C=O) groups excluding carboxylic acids is 1. The lowest BCUT2D eigenvalue weighted by atomic mass is 9.93. The molecule has 2 unspecified atom stereocenters. The van der Waals surface area contributed by atoms with Crippen LogP contribution in [0.25, 0.3) is 11.3 Å². The van der Waals surface area contributed by atoms with Crippen LogP contribution in [0.3, 0.4) is 0 Å². The third-order valence-electron chi connectivity index (χ3n) is 6.31. The summed E-state index contributed by atoms with van der Waals surface area (Å²) in [6, 6.07) is 9.14. The van der Waals surface area contributed by atoms with Gasteiger partial charge >= 0.3 is 0 Å². The van der Waals surface area contributed by atoms with Crippen molar-refractivity contribution >= 4 is 15.7 Å². The van der Waals surface area contributed by atoms with E-state index in [0.29, 0.717) is 34.5 Å². The van der Waals surface area contributed by atoms with Gasteiger partial charge in [-0.05, 0) is 55.2 Å². The molecule has 9 heteroatoms. The lowest BCUT2D eigenvalue weighted by Gasteiger charge is -2.31. The summed E-state index contributed by atoms with van der Waals surface area (Å²) in [5.74, 6) is -0.185. The fourth-order valence-corrected chi connectivity index (χ4v) is 6.58. The number of benzene rings is 2. The normalized spacial score (nSPS) is 21.8. The Morgan fingerprint density at radius 2 is 1.84 bits per heavy atom. The van der Waals surface area contributed by atoms with Gasteiger partial charge in [-0.3, -0.25) is 9.89 Å². The molecule has 5 rings (SSSR count). The smallest absolute Gasteiger partial charge is 0.273 e. The Balaban J connectivity index is 1.71. The monoisotopic (exact) mass is 453 g/mol. The number of phenols is 2. The standard InChI is InChI=1S/C23H23N3O5S/c1-12-9-13(2)22(28)17(10-12)19-18-20(25-24-19)23(29)26(15-7-8-32(30,31)11-15)21(18)14-3-5-16(27)6-4-14/h3-6,9-10,15,21,27-28H,7-8,11H2,1-2H3,(H,24,25). The van der Waals surface area contributed by atoms with Crippen molar-refractivity contribution in [2.24, 2.45) is 0 Å². The lowest BCUT2D eigenvalue weighted by Crippen LogP contribution is -2.40. The molecule has 0 spiro atoms. The maximum absolute atomic E-state index is 13.5. The summed E-state index contributed by atoms with van der Waals surface area (Å²) in [7, 11) is -3.22. The molecule has 3 aromatic rings. The number of aromatic nitrogens is 2. The van der Waals surface area contributed by atoms with Gasteiger partial charge in [-0.15, -0.1) is 0 Å². The van der Waals surface area contributed by atoms with E-state index in [1.165, 1.54) is 12.1 Å². The fraction of sp³-hybridized carbons (Fsp3) is 0.304. The largest absolute Gasteiger partial charge is 0.508 e. The number of carbonyl (C=O) groups is 1. The molecule has 2 aromatic carbocycles. The Morgan fingerprint density at radius 1 is 1.12 bits per heavy atom. The van der Waals surface area contributed by atoms with Crippen molar-refractivity contribution in [3.63, 3.8) is 0 Å². The number of H-pyrrole nitrogens is 1. The molecular weight excluding hydrogens is 430 g/mol. The highest BCUT2D eigenvalue weighted by Gasteiger charge is 2.48. The van der Waals surface area contributed by atoms with Gasteiger partial charge in [0.25, 0.3) is 5.91 Å². The molecular formula is C23H23N3O5S. The van der Waals surface area contributed by atoms with Crippen LogP contribution in [0.4, 0.5) is 0 Å². The van der Waals surface area contributed by atoms with Gasteiger partial charge in [0.1, 0.15) is 22.9 Å². The molecule has 32 heavy (non-hydrogen) atoms. The van der Waals surface area contributed by atoms with E-state index < -0.39 is 21.9 Å². The first-order chi connectivity index (χ1) is 15.2. The van der Waals surface area contributed by atoms with E-state index in [9.17, 15) is 23.4 Å². The van der Waals surface area contributed by atoms with Crippen LogP contribution in [-0.4, -0.2) is 57.2 Å². The second-order valence-corrected chi connectivity index (χ2v) is 10.8. The van der Waals surface area contributed by atoms with Crippen LogP contribution in [0.2, 0.25) is 0 Å². The van der Waals surface area contributed by atoms with Crippen LogP contribution in [0.5, 0.6) is 11.5 Å². The first-order valence-corrected chi connectivity index (χ1v) is 12.2. The zero-order valence-corrected chi connectivity index (χ0v) is 18.5. The Labute approximate surface area is 185 Å². The lowest BCUT2D eigenvalue weighted by molar-refractivity contribution is 0.0678. The van der Waals surface area contributed by atoms with Crippen LogP contribution < -0.4 is 0 Å². The van der Waals surface area contributed by atoms with E-state index in [-0.39, 0.29) is 28.9 Å². The highest BCUT2D eigenvalue weighted by Crippen LogP contribution is 2.47. The maximum atomic E-state index is 13.5. The van der Waals surface area contributed by atoms with Gasteiger partial charge < -0.3 is 15.1 Å². The molecule has 8 nitrogen and oxygen atoms in total. The first-order valence-electron chi connectivity index (χ1n) is 10.4. The van der Waals surface area contributed by atoms with E-state index >= 15 is 0 Å². The molecule has 0 saturated carbocycles. The molecule has 3 heterocycles. The molecule has 1 saturated heterocycles. The third kappa shape index (κ3) is 3.15. The molecule has 3 N–H and O–H groups in total. The van der Waals surface area contributed by atoms with Crippen LogP contribution >= 0.6 is 0 Å². The number of amides is 1. The van der Waals surface area contributed by atoms with E-state index in [2.05, 4.69) is 10.2 Å². The minimum absolute atomic E-state index is 0.0423. The van der Waals surface area contributed by atoms with Crippen molar-refractivity contribution in [1.29, 1.82) is 0 Å². The van der Waals surface area contributed by atoms with Gasteiger partial charge in [-0.2, -0.15) is 5.10 Å². The van der Waals surface area contributed by atoms with Crippen molar-refractivity contribution in [1.82, 2.24) is 15.1 Å². The number of nitrogens with one attached hydrogen (secondary N) is 1. The number of aryl methyl sites for hydroxylation is 2. The van der Waals surface area contributed by atoms with E-state index in [1.807, 2.05) is 19.1 Å². The number of aromatic amines is 1. The summed E-state index contributed by atoms with van der Waals surface area (Å²) in [6.07, 6.45) is 0.366. The minimum Gasteiger partial charge on any atom is -0.508 e. The van der Waals surface area contributed by atoms with Gasteiger partial charge in [0, 0.05) is 17.2 Å². The zero-order valence-electron chi connectivity index (χ0n) is 17.7. The predicted molar refractivity (Wildman–Crippen MR) is 118 cm³/mol. The molecule has 1 amide bonds. The Kier molecular flexibility index (Phi) is 4.56. The number of rotatable bonds is 3. The third-order valence-corrected chi connectivity index (χ3v) is 8.06. The van der Waals surface area contributed by atoms with Crippen LogP contribution in [0, 0.1) is 13.8 Å².